The molecule has 0 saturated carbocycles. The molecule has 0 N–H and O–H groups in total. The molecule has 2 aromatic heterocycles. The summed E-state index contributed by atoms with van der Waals surface area (Å²) in [6, 6.07) is 59.7. The zero-order valence-electron chi connectivity index (χ0n) is 25.6. The fraction of sp³-hybridized carbons (Fsp3) is 0.0455. The number of hydrogen-bond donors (Lipinski definition) is 0. The summed E-state index contributed by atoms with van der Waals surface area (Å²) in [6.45, 7) is 0. The second-order valence-corrected chi connectivity index (χ2v) is 13.8. The van der Waals surface area contributed by atoms with Crippen LogP contribution in [0.5, 0.6) is 0 Å². The van der Waals surface area contributed by atoms with E-state index in [2.05, 4.69) is 162 Å². The van der Waals surface area contributed by atoms with Gasteiger partial charge in [0, 0.05) is 47.6 Å². The Kier molecular flexibility index (Phi) is 6.92. The summed E-state index contributed by atoms with van der Waals surface area (Å²) in [5.41, 5.74) is 10.0. The van der Waals surface area contributed by atoms with Gasteiger partial charge in [-0.25, -0.2) is 0 Å². The number of rotatable bonds is 6. The first-order valence-corrected chi connectivity index (χ1v) is 17.2. The largest absolute Gasteiger partial charge is 0.309 e. The molecule has 2 heterocycles. The Bertz CT molecular complexity index is 2550. The highest BCUT2D eigenvalue weighted by Gasteiger charge is 2.19. The topological polar surface area (TPSA) is 4.93 Å². The summed E-state index contributed by atoms with van der Waals surface area (Å²) < 4.78 is 4.95. The minimum atomic E-state index is 0.239. The number of benzene rings is 7. The van der Waals surface area contributed by atoms with Crippen molar-refractivity contribution in [2.75, 3.05) is 0 Å². The molecular weight excluding hydrogens is 610 g/mol. The Morgan fingerprint density at radius 3 is 1.91 bits per heavy atom. The van der Waals surface area contributed by atoms with Crippen LogP contribution in [0.4, 0.5) is 0 Å². The molecule has 0 saturated heterocycles. The molecule has 1 unspecified atom stereocenters. The van der Waals surface area contributed by atoms with Gasteiger partial charge in [-0.05, 0) is 82.8 Å². The van der Waals surface area contributed by atoms with Crippen LogP contribution in [0.15, 0.2) is 164 Å². The van der Waals surface area contributed by atoms with Gasteiger partial charge in [-0.15, -0.1) is 11.3 Å². The van der Waals surface area contributed by atoms with E-state index >= 15 is 0 Å². The predicted molar refractivity (Wildman–Crippen MR) is 203 cm³/mol. The molecule has 7 aromatic carbocycles. The molecule has 1 nitrogen and oxygen atoms in total. The van der Waals surface area contributed by atoms with Crippen LogP contribution in [0.1, 0.15) is 22.6 Å². The smallest absolute Gasteiger partial charge is 0.0547 e. The van der Waals surface area contributed by atoms with Gasteiger partial charge in [0.1, 0.15) is 0 Å². The third-order valence-corrected chi connectivity index (χ3v) is 10.8. The van der Waals surface area contributed by atoms with Crippen molar-refractivity contribution in [3.63, 3.8) is 0 Å². The van der Waals surface area contributed by atoms with E-state index < -0.39 is 0 Å². The molecule has 0 fully saturated rings. The molecule has 0 spiro atoms. The van der Waals surface area contributed by atoms with Crippen LogP contribution in [0, 0.1) is 0 Å². The number of aromatic nitrogens is 1. The minimum Gasteiger partial charge on any atom is -0.309 e. The van der Waals surface area contributed by atoms with Gasteiger partial charge in [-0.2, -0.15) is 0 Å². The second kappa shape index (κ2) is 11.6. The molecule has 1 atom stereocenters. The molecule has 9 aromatic rings. The van der Waals surface area contributed by atoms with Gasteiger partial charge < -0.3 is 4.57 Å². The summed E-state index contributed by atoms with van der Waals surface area (Å²) in [5.74, 6) is 0.239. The Labute approximate surface area is 282 Å². The molecule has 0 amide bonds. The maximum absolute atomic E-state index is 6.33. The maximum atomic E-state index is 6.33. The Balaban J connectivity index is 1.24. The summed E-state index contributed by atoms with van der Waals surface area (Å²) >= 11 is 8.13. The van der Waals surface area contributed by atoms with Crippen molar-refractivity contribution in [3.8, 4) is 16.8 Å². The molecule has 9 rings (SSSR count). The van der Waals surface area contributed by atoms with Gasteiger partial charge in [0.2, 0.25) is 0 Å². The van der Waals surface area contributed by atoms with E-state index in [9.17, 15) is 0 Å². The molecule has 0 bridgehead atoms. The Morgan fingerprint density at radius 2 is 1.13 bits per heavy atom. The van der Waals surface area contributed by atoms with E-state index in [1.165, 1.54) is 69.8 Å². The second-order valence-electron chi connectivity index (χ2n) is 12.3. The van der Waals surface area contributed by atoms with Gasteiger partial charge >= 0.3 is 0 Å². The average molecular weight is 640 g/mol. The number of halogens is 1. The van der Waals surface area contributed by atoms with Crippen molar-refractivity contribution >= 4 is 64.9 Å². The van der Waals surface area contributed by atoms with E-state index in [-0.39, 0.29) is 5.92 Å². The lowest BCUT2D eigenvalue weighted by Gasteiger charge is -2.19. The number of nitrogens with zero attached hydrogens (tertiary/aromatic N) is 1. The van der Waals surface area contributed by atoms with E-state index in [0.717, 1.165) is 17.1 Å². The number of hydrogen-bond acceptors (Lipinski definition) is 1. The lowest BCUT2D eigenvalue weighted by molar-refractivity contribution is 0.806. The first-order valence-electron chi connectivity index (χ1n) is 16.0. The molecule has 0 radical (unpaired) electrons. The highest BCUT2D eigenvalue weighted by molar-refractivity contribution is 7.25. The average Bonchev–Trinajstić information content (AvgIpc) is 3.65. The Morgan fingerprint density at radius 1 is 0.489 bits per heavy atom. The van der Waals surface area contributed by atoms with E-state index in [4.69, 9.17) is 11.6 Å². The van der Waals surface area contributed by atoms with Gasteiger partial charge in [-0.3, -0.25) is 0 Å². The van der Waals surface area contributed by atoms with Gasteiger partial charge in [0.15, 0.2) is 0 Å². The quantitative estimate of drug-likeness (QED) is 0.171. The highest BCUT2D eigenvalue weighted by atomic mass is 35.5. The predicted octanol–water partition coefficient (Wildman–Crippen LogP) is 12.8. The molecule has 224 valence electrons. The van der Waals surface area contributed by atoms with Crippen LogP contribution in [0.25, 0.3) is 58.8 Å². The van der Waals surface area contributed by atoms with Crippen LogP contribution >= 0.6 is 22.9 Å². The molecule has 3 heteroatoms. The van der Waals surface area contributed by atoms with Crippen LogP contribution < -0.4 is 0 Å². The summed E-state index contributed by atoms with van der Waals surface area (Å²) in [7, 11) is 0. The van der Waals surface area contributed by atoms with Crippen LogP contribution in [0.3, 0.4) is 0 Å². The zero-order valence-corrected chi connectivity index (χ0v) is 27.2. The van der Waals surface area contributed by atoms with Crippen molar-refractivity contribution < 1.29 is 0 Å². The maximum Gasteiger partial charge on any atom is 0.0547 e. The lowest BCUT2D eigenvalue weighted by Crippen LogP contribution is -2.05. The van der Waals surface area contributed by atoms with Gasteiger partial charge in [0.05, 0.1) is 11.0 Å². The fourth-order valence-corrected chi connectivity index (χ4v) is 8.54. The SMILES string of the molecule is Clc1ccc2c(c1)sc1ccc(-c3ccc4c5ccc(C(Cc6ccccc6)c6ccccc6)cc5n(-c5ccccc5)c4c3)cc12. The van der Waals surface area contributed by atoms with Gasteiger partial charge in [0.25, 0.3) is 0 Å². The Hall–Kier alpha value is -5.15. The summed E-state index contributed by atoms with van der Waals surface area (Å²) in [6.07, 6.45) is 0.942. The monoisotopic (exact) mass is 639 g/mol. The standard InChI is InChI=1S/C44H30ClNS/c45-34-19-22-38-40-25-31(18-23-43(40)47-44(38)28-34)32-16-20-36-37-21-17-33(27-42(37)46(41(36)26-32)35-14-8-3-9-15-35)39(30-12-6-2-7-13-30)24-29-10-4-1-5-11-29/h1-23,25-28,39H,24H2. The molecule has 0 aliphatic carbocycles. The first kappa shape index (κ1) is 28.1. The van der Waals surface area contributed by atoms with Crippen molar-refractivity contribution in [1.29, 1.82) is 0 Å². The van der Waals surface area contributed by atoms with E-state index in [1.54, 1.807) is 11.3 Å². The van der Waals surface area contributed by atoms with E-state index in [1.807, 2.05) is 6.07 Å². The number of fused-ring (bicyclic) bond motifs is 6. The molecule has 0 aliphatic rings. The van der Waals surface area contributed by atoms with Crippen LogP contribution in [-0.4, -0.2) is 4.57 Å². The zero-order chi connectivity index (χ0) is 31.3. The summed E-state index contributed by atoms with van der Waals surface area (Å²) in [4.78, 5) is 0. The third-order valence-electron chi connectivity index (χ3n) is 9.46. The molecule has 0 aliphatic heterocycles. The minimum absolute atomic E-state index is 0.239. The van der Waals surface area contributed by atoms with Crippen molar-refractivity contribution in [2.45, 2.75) is 12.3 Å². The molecule has 47 heavy (non-hydrogen) atoms. The molecular formula is C44H30ClNS. The van der Waals surface area contributed by atoms with Crippen LogP contribution in [0.2, 0.25) is 5.02 Å². The third kappa shape index (κ3) is 5.02. The normalized spacial score (nSPS) is 12.4. The number of thiophene rings is 1. The van der Waals surface area contributed by atoms with Gasteiger partial charge in [-0.1, -0.05) is 127 Å². The highest BCUT2D eigenvalue weighted by Crippen LogP contribution is 2.40. The van der Waals surface area contributed by atoms with Crippen molar-refractivity contribution in [3.05, 3.63) is 186 Å². The summed E-state index contributed by atoms with van der Waals surface area (Å²) in [5, 5.41) is 5.84. The lowest BCUT2D eigenvalue weighted by atomic mass is 9.85. The van der Waals surface area contributed by atoms with Crippen LogP contribution in [-0.2, 0) is 6.42 Å². The fourth-order valence-electron chi connectivity index (χ4n) is 7.18. The van der Waals surface area contributed by atoms with Crippen molar-refractivity contribution in [1.82, 2.24) is 4.57 Å². The number of para-hydroxylation sites is 1. The first-order chi connectivity index (χ1) is 23.2. The van der Waals surface area contributed by atoms with E-state index in [0.29, 0.717) is 0 Å². The van der Waals surface area contributed by atoms with Crippen molar-refractivity contribution in [2.24, 2.45) is 0 Å².